The van der Waals surface area contributed by atoms with Crippen molar-refractivity contribution in [1.82, 2.24) is 0 Å². The number of nitro groups is 1. The van der Waals surface area contributed by atoms with Crippen molar-refractivity contribution in [3.05, 3.63) is 33.9 Å². The van der Waals surface area contributed by atoms with Gasteiger partial charge in [-0.1, -0.05) is 12.1 Å². The second kappa shape index (κ2) is 6.69. The molecule has 0 aliphatic carbocycles. The Morgan fingerprint density at radius 2 is 2.26 bits per heavy atom. The summed E-state index contributed by atoms with van der Waals surface area (Å²) in [6.07, 6.45) is -0.707. The Morgan fingerprint density at radius 1 is 1.58 bits per heavy atom. The number of para-hydroxylation sites is 1. The third-order valence-electron chi connectivity index (χ3n) is 2.68. The number of nitrogens with zero attached hydrogens (tertiary/aromatic N) is 1. The molecule has 1 atom stereocenters. The summed E-state index contributed by atoms with van der Waals surface area (Å²) in [5.41, 5.74) is 0.896. The molecule has 104 valence electrons. The van der Waals surface area contributed by atoms with Gasteiger partial charge in [-0.25, -0.2) is 0 Å². The van der Waals surface area contributed by atoms with Crippen molar-refractivity contribution < 1.29 is 19.6 Å². The standard InChI is InChI=1S/C12H16N2O5/c1-8-4-3-5-10(12(8)14(17)18)13-7-9(19-2)6-11(15)16/h3-5,9,13H,6-7H2,1-2H3,(H,15,16). The number of ether oxygens (including phenoxy) is 1. The maximum Gasteiger partial charge on any atom is 0.306 e. The number of rotatable bonds is 7. The van der Waals surface area contributed by atoms with E-state index in [9.17, 15) is 14.9 Å². The van der Waals surface area contributed by atoms with E-state index in [4.69, 9.17) is 9.84 Å². The van der Waals surface area contributed by atoms with Crippen LogP contribution in [0.15, 0.2) is 18.2 Å². The van der Waals surface area contributed by atoms with Crippen LogP contribution in [0.1, 0.15) is 12.0 Å². The molecule has 0 aromatic heterocycles. The minimum absolute atomic E-state index is 0.00678. The summed E-state index contributed by atoms with van der Waals surface area (Å²) < 4.78 is 5.00. The number of benzene rings is 1. The average molecular weight is 268 g/mol. The van der Waals surface area contributed by atoms with Gasteiger partial charge >= 0.3 is 5.97 Å². The van der Waals surface area contributed by atoms with E-state index in [2.05, 4.69) is 5.32 Å². The number of anilines is 1. The molecule has 0 aliphatic heterocycles. The van der Waals surface area contributed by atoms with Crippen molar-refractivity contribution in [2.75, 3.05) is 19.0 Å². The van der Waals surface area contributed by atoms with Crippen LogP contribution in [0.5, 0.6) is 0 Å². The van der Waals surface area contributed by atoms with Crippen LogP contribution in [-0.4, -0.2) is 35.8 Å². The fourth-order valence-electron chi connectivity index (χ4n) is 1.70. The van der Waals surface area contributed by atoms with Crippen molar-refractivity contribution in [3.8, 4) is 0 Å². The van der Waals surface area contributed by atoms with Crippen LogP contribution >= 0.6 is 0 Å². The highest BCUT2D eigenvalue weighted by Gasteiger charge is 2.18. The lowest BCUT2D eigenvalue weighted by Crippen LogP contribution is -2.25. The van der Waals surface area contributed by atoms with Gasteiger partial charge in [-0.15, -0.1) is 0 Å². The molecule has 2 N–H and O–H groups in total. The fourth-order valence-corrected chi connectivity index (χ4v) is 1.70. The first-order valence-corrected chi connectivity index (χ1v) is 5.68. The van der Waals surface area contributed by atoms with Gasteiger partial charge in [0.1, 0.15) is 5.69 Å². The Balaban J connectivity index is 2.79. The number of carboxylic acids is 1. The lowest BCUT2D eigenvalue weighted by atomic mass is 10.1. The van der Waals surface area contributed by atoms with E-state index in [1.165, 1.54) is 7.11 Å². The van der Waals surface area contributed by atoms with Crippen LogP contribution in [0.4, 0.5) is 11.4 Å². The number of methoxy groups -OCH3 is 1. The zero-order valence-corrected chi connectivity index (χ0v) is 10.8. The molecule has 0 saturated heterocycles. The maximum absolute atomic E-state index is 11.0. The molecule has 1 aromatic carbocycles. The molecular weight excluding hydrogens is 252 g/mol. The topological polar surface area (TPSA) is 102 Å². The Morgan fingerprint density at radius 3 is 2.79 bits per heavy atom. The summed E-state index contributed by atoms with van der Waals surface area (Å²) in [4.78, 5) is 21.1. The number of aryl methyl sites for hydroxylation is 1. The highest BCUT2D eigenvalue weighted by atomic mass is 16.6. The summed E-state index contributed by atoms with van der Waals surface area (Å²) in [7, 11) is 1.40. The molecule has 0 aliphatic rings. The van der Waals surface area contributed by atoms with Crippen molar-refractivity contribution in [2.24, 2.45) is 0 Å². The SMILES string of the molecule is COC(CNc1cccc(C)c1[N+](=O)[O-])CC(=O)O. The van der Waals surface area contributed by atoms with Gasteiger partial charge in [0.25, 0.3) is 5.69 Å². The lowest BCUT2D eigenvalue weighted by molar-refractivity contribution is -0.384. The first-order valence-electron chi connectivity index (χ1n) is 5.68. The quantitative estimate of drug-likeness (QED) is 0.577. The highest BCUT2D eigenvalue weighted by Crippen LogP contribution is 2.27. The largest absolute Gasteiger partial charge is 0.481 e. The monoisotopic (exact) mass is 268 g/mol. The molecule has 0 bridgehead atoms. The van der Waals surface area contributed by atoms with Crippen molar-refractivity contribution in [3.63, 3.8) is 0 Å². The molecule has 0 saturated carbocycles. The Bertz CT molecular complexity index is 475. The Kier molecular flexibility index (Phi) is 5.25. The van der Waals surface area contributed by atoms with Crippen LogP contribution < -0.4 is 5.32 Å². The van der Waals surface area contributed by atoms with E-state index in [-0.39, 0.29) is 18.7 Å². The van der Waals surface area contributed by atoms with E-state index in [1.807, 2.05) is 0 Å². The number of nitrogens with one attached hydrogen (secondary N) is 1. The number of carbonyl (C=O) groups is 1. The van der Waals surface area contributed by atoms with Crippen LogP contribution in [0.3, 0.4) is 0 Å². The van der Waals surface area contributed by atoms with Gasteiger partial charge in [0, 0.05) is 19.2 Å². The van der Waals surface area contributed by atoms with Gasteiger partial charge < -0.3 is 15.2 Å². The first kappa shape index (κ1) is 14.9. The van der Waals surface area contributed by atoms with Gasteiger partial charge in [-0.2, -0.15) is 0 Å². The average Bonchev–Trinajstić information content (AvgIpc) is 2.33. The minimum atomic E-state index is -0.979. The molecule has 1 rings (SSSR count). The van der Waals surface area contributed by atoms with Crippen LogP contribution in [-0.2, 0) is 9.53 Å². The summed E-state index contributed by atoms with van der Waals surface area (Å²) >= 11 is 0. The zero-order chi connectivity index (χ0) is 14.4. The molecule has 7 nitrogen and oxygen atoms in total. The molecule has 0 radical (unpaired) electrons. The molecule has 1 unspecified atom stereocenters. The maximum atomic E-state index is 11.0. The van der Waals surface area contributed by atoms with Crippen LogP contribution in [0, 0.1) is 17.0 Å². The molecule has 0 amide bonds. The molecule has 1 aromatic rings. The smallest absolute Gasteiger partial charge is 0.306 e. The normalized spacial score (nSPS) is 11.9. The number of hydrogen-bond acceptors (Lipinski definition) is 5. The zero-order valence-electron chi connectivity index (χ0n) is 10.8. The Hall–Kier alpha value is -2.15. The molecule has 0 fully saturated rings. The van der Waals surface area contributed by atoms with Gasteiger partial charge in [0.2, 0.25) is 0 Å². The predicted molar refractivity (Wildman–Crippen MR) is 69.4 cm³/mol. The third-order valence-corrected chi connectivity index (χ3v) is 2.68. The molecule has 19 heavy (non-hydrogen) atoms. The second-order valence-corrected chi connectivity index (χ2v) is 4.06. The fraction of sp³-hybridized carbons (Fsp3) is 0.417. The summed E-state index contributed by atoms with van der Waals surface area (Å²) in [6, 6.07) is 4.93. The summed E-state index contributed by atoms with van der Waals surface area (Å²) in [5.74, 6) is -0.979. The number of aliphatic carboxylic acids is 1. The summed E-state index contributed by atoms with van der Waals surface area (Å²) in [6.45, 7) is 1.83. The van der Waals surface area contributed by atoms with Crippen molar-refractivity contribution in [1.29, 1.82) is 0 Å². The highest BCUT2D eigenvalue weighted by molar-refractivity contribution is 5.68. The van der Waals surface area contributed by atoms with Gasteiger partial charge in [-0.05, 0) is 13.0 Å². The van der Waals surface area contributed by atoms with Crippen LogP contribution in [0.25, 0.3) is 0 Å². The van der Waals surface area contributed by atoms with E-state index in [0.717, 1.165) is 0 Å². The van der Waals surface area contributed by atoms with Gasteiger partial charge in [0.05, 0.1) is 17.4 Å². The molecule has 0 spiro atoms. The van der Waals surface area contributed by atoms with E-state index < -0.39 is 17.0 Å². The predicted octanol–water partition coefficient (Wildman–Crippen LogP) is 1.80. The second-order valence-electron chi connectivity index (χ2n) is 4.06. The van der Waals surface area contributed by atoms with Crippen LogP contribution in [0.2, 0.25) is 0 Å². The van der Waals surface area contributed by atoms with Crippen molar-refractivity contribution in [2.45, 2.75) is 19.4 Å². The van der Waals surface area contributed by atoms with Crippen molar-refractivity contribution >= 4 is 17.3 Å². The molecule has 0 heterocycles. The van der Waals surface area contributed by atoms with E-state index in [1.54, 1.807) is 25.1 Å². The summed E-state index contributed by atoms with van der Waals surface area (Å²) in [5, 5.41) is 22.5. The van der Waals surface area contributed by atoms with Gasteiger partial charge in [-0.3, -0.25) is 14.9 Å². The molecule has 7 heteroatoms. The van der Waals surface area contributed by atoms with E-state index >= 15 is 0 Å². The number of carboxylic acid groups (broad SMARTS) is 1. The lowest BCUT2D eigenvalue weighted by Gasteiger charge is -2.15. The minimum Gasteiger partial charge on any atom is -0.481 e. The first-order chi connectivity index (χ1) is 8.95. The van der Waals surface area contributed by atoms with Gasteiger partial charge in [0.15, 0.2) is 0 Å². The Labute approximate surface area is 110 Å². The number of nitro benzene ring substituents is 1. The third kappa shape index (κ3) is 4.22. The molecular formula is C12H16N2O5. The number of hydrogen-bond donors (Lipinski definition) is 2. The van der Waals surface area contributed by atoms with E-state index in [0.29, 0.717) is 11.3 Å².